The maximum absolute atomic E-state index is 13.1. The predicted molar refractivity (Wildman–Crippen MR) is 84.5 cm³/mol. The van der Waals surface area contributed by atoms with Crippen LogP contribution in [0.25, 0.3) is 0 Å². The monoisotopic (exact) mass is 356 g/mol. The van der Waals surface area contributed by atoms with Gasteiger partial charge in [0.15, 0.2) is 6.10 Å². The molecule has 1 aromatic rings. The van der Waals surface area contributed by atoms with Crippen molar-refractivity contribution in [3.8, 4) is 0 Å². The fourth-order valence-electron chi connectivity index (χ4n) is 2.80. The number of hydrogen-bond acceptors (Lipinski definition) is 4. The molecule has 0 aliphatic carbocycles. The van der Waals surface area contributed by atoms with Crippen molar-refractivity contribution in [2.45, 2.75) is 6.10 Å². The quantitative estimate of drug-likeness (QED) is 0.798. The minimum absolute atomic E-state index is 0.0891. The Morgan fingerprint density at radius 3 is 2.46 bits per heavy atom. The van der Waals surface area contributed by atoms with Gasteiger partial charge in [-0.3, -0.25) is 9.59 Å². The summed E-state index contributed by atoms with van der Waals surface area (Å²) >= 11 is 5.94. The Labute approximate surface area is 144 Å². The number of benzene rings is 1. The smallest absolute Gasteiger partial charge is 0.255 e. The fourth-order valence-corrected chi connectivity index (χ4v) is 3.05. The van der Waals surface area contributed by atoms with Crippen LogP contribution in [0.15, 0.2) is 18.2 Å². The van der Waals surface area contributed by atoms with E-state index in [9.17, 15) is 14.0 Å². The number of carbonyl (C=O) groups excluding carboxylic acids is 2. The Morgan fingerprint density at radius 2 is 1.83 bits per heavy atom. The highest BCUT2D eigenvalue weighted by Gasteiger charge is 2.31. The molecule has 1 aromatic carbocycles. The zero-order valence-electron chi connectivity index (χ0n) is 13.0. The Balaban J connectivity index is 1.58. The summed E-state index contributed by atoms with van der Waals surface area (Å²) in [6.07, 6.45) is -0.562. The van der Waals surface area contributed by atoms with E-state index < -0.39 is 11.9 Å². The molecule has 2 saturated heterocycles. The topological polar surface area (TPSA) is 59.1 Å². The third kappa shape index (κ3) is 3.68. The molecule has 2 amide bonds. The molecule has 2 aliphatic rings. The van der Waals surface area contributed by atoms with Crippen LogP contribution in [0.1, 0.15) is 10.4 Å². The summed E-state index contributed by atoms with van der Waals surface area (Å²) in [7, 11) is 0. The summed E-state index contributed by atoms with van der Waals surface area (Å²) in [5.41, 5.74) is 0.266. The van der Waals surface area contributed by atoms with E-state index in [1.807, 2.05) is 0 Å². The average molecular weight is 357 g/mol. The third-order valence-electron chi connectivity index (χ3n) is 4.13. The number of hydrogen-bond donors (Lipinski definition) is 0. The van der Waals surface area contributed by atoms with Crippen LogP contribution in [0.2, 0.25) is 5.02 Å². The van der Waals surface area contributed by atoms with Gasteiger partial charge in [0, 0.05) is 26.2 Å². The van der Waals surface area contributed by atoms with Crippen LogP contribution in [0.5, 0.6) is 0 Å². The molecule has 1 unspecified atom stereocenters. The Morgan fingerprint density at radius 1 is 1.12 bits per heavy atom. The normalized spacial score (nSPS) is 21.7. The molecule has 2 aliphatic heterocycles. The van der Waals surface area contributed by atoms with Crippen molar-refractivity contribution in [3.05, 3.63) is 34.6 Å². The van der Waals surface area contributed by atoms with E-state index in [2.05, 4.69) is 0 Å². The molecular formula is C16H18ClFN2O4. The van der Waals surface area contributed by atoms with E-state index in [0.717, 1.165) is 6.07 Å². The molecule has 24 heavy (non-hydrogen) atoms. The lowest BCUT2D eigenvalue weighted by molar-refractivity contribution is -0.159. The molecule has 3 rings (SSSR count). The summed E-state index contributed by atoms with van der Waals surface area (Å²) in [5, 5.41) is 0.0891. The summed E-state index contributed by atoms with van der Waals surface area (Å²) in [6, 6.07) is 3.71. The molecule has 2 heterocycles. The number of amides is 2. The second-order valence-electron chi connectivity index (χ2n) is 5.68. The van der Waals surface area contributed by atoms with Gasteiger partial charge >= 0.3 is 0 Å². The van der Waals surface area contributed by atoms with E-state index in [4.69, 9.17) is 21.1 Å². The van der Waals surface area contributed by atoms with Crippen molar-refractivity contribution in [2.24, 2.45) is 0 Å². The van der Waals surface area contributed by atoms with Gasteiger partial charge < -0.3 is 19.3 Å². The van der Waals surface area contributed by atoms with Crippen LogP contribution < -0.4 is 0 Å². The Kier molecular flexibility index (Phi) is 5.33. The molecule has 0 N–H and O–H groups in total. The first-order chi connectivity index (χ1) is 11.6. The Hall–Kier alpha value is -1.70. The van der Waals surface area contributed by atoms with Gasteiger partial charge in [0.2, 0.25) is 0 Å². The molecule has 0 radical (unpaired) electrons. The van der Waals surface area contributed by atoms with E-state index in [1.54, 1.807) is 9.80 Å². The molecule has 0 bridgehead atoms. The standard InChI is InChI=1S/C16H18ClFN2O4/c17-13-9-11(18)1-2-12(13)15(21)19-3-5-20(6-4-19)16(22)14-10-23-7-8-24-14/h1-2,9,14H,3-8,10H2. The van der Waals surface area contributed by atoms with Gasteiger partial charge in [0.1, 0.15) is 5.82 Å². The molecule has 130 valence electrons. The van der Waals surface area contributed by atoms with Crippen molar-refractivity contribution < 1.29 is 23.5 Å². The molecular weight excluding hydrogens is 339 g/mol. The number of nitrogens with zero attached hydrogens (tertiary/aromatic N) is 2. The number of rotatable bonds is 2. The number of ether oxygens (including phenoxy) is 2. The molecule has 8 heteroatoms. The first-order valence-corrected chi connectivity index (χ1v) is 8.16. The molecule has 0 spiro atoms. The van der Waals surface area contributed by atoms with Crippen LogP contribution in [-0.4, -0.2) is 73.7 Å². The van der Waals surface area contributed by atoms with Gasteiger partial charge in [-0.2, -0.15) is 0 Å². The van der Waals surface area contributed by atoms with E-state index in [1.165, 1.54) is 12.1 Å². The van der Waals surface area contributed by atoms with Crippen molar-refractivity contribution in [3.63, 3.8) is 0 Å². The van der Waals surface area contributed by atoms with Gasteiger partial charge in [-0.25, -0.2) is 4.39 Å². The lowest BCUT2D eigenvalue weighted by Crippen LogP contribution is -2.54. The zero-order valence-corrected chi connectivity index (χ0v) is 13.8. The van der Waals surface area contributed by atoms with Crippen molar-refractivity contribution >= 4 is 23.4 Å². The predicted octanol–water partition coefficient (Wildman–Crippen LogP) is 1.18. The second-order valence-corrected chi connectivity index (χ2v) is 6.08. The highest BCUT2D eigenvalue weighted by Crippen LogP contribution is 2.20. The average Bonchev–Trinajstić information content (AvgIpc) is 2.61. The van der Waals surface area contributed by atoms with Gasteiger partial charge in [-0.05, 0) is 18.2 Å². The first kappa shape index (κ1) is 17.1. The highest BCUT2D eigenvalue weighted by molar-refractivity contribution is 6.33. The second kappa shape index (κ2) is 7.46. The van der Waals surface area contributed by atoms with Crippen LogP contribution >= 0.6 is 11.6 Å². The lowest BCUT2D eigenvalue weighted by atomic mass is 10.1. The first-order valence-electron chi connectivity index (χ1n) is 7.79. The van der Waals surface area contributed by atoms with Crippen molar-refractivity contribution in [2.75, 3.05) is 46.0 Å². The summed E-state index contributed by atoms with van der Waals surface area (Å²) in [5.74, 6) is -0.854. The SMILES string of the molecule is O=C(c1ccc(F)cc1Cl)N1CCN(C(=O)C2COCCO2)CC1. The van der Waals surface area contributed by atoms with E-state index in [0.29, 0.717) is 39.4 Å². The van der Waals surface area contributed by atoms with Gasteiger partial charge in [0.25, 0.3) is 11.8 Å². The van der Waals surface area contributed by atoms with E-state index in [-0.39, 0.29) is 29.0 Å². The summed E-state index contributed by atoms with van der Waals surface area (Å²) < 4.78 is 23.8. The number of carbonyl (C=O) groups is 2. The zero-order chi connectivity index (χ0) is 17.1. The van der Waals surface area contributed by atoms with Crippen LogP contribution in [0, 0.1) is 5.82 Å². The van der Waals surface area contributed by atoms with Crippen LogP contribution in [-0.2, 0) is 14.3 Å². The van der Waals surface area contributed by atoms with Gasteiger partial charge in [-0.15, -0.1) is 0 Å². The van der Waals surface area contributed by atoms with Gasteiger partial charge in [-0.1, -0.05) is 11.6 Å². The summed E-state index contributed by atoms with van der Waals surface area (Å²) in [6.45, 7) is 2.82. The van der Waals surface area contributed by atoms with Crippen molar-refractivity contribution in [1.29, 1.82) is 0 Å². The lowest BCUT2D eigenvalue weighted by Gasteiger charge is -2.37. The van der Waals surface area contributed by atoms with Crippen molar-refractivity contribution in [1.82, 2.24) is 9.80 Å². The number of halogens is 2. The highest BCUT2D eigenvalue weighted by atomic mass is 35.5. The fraction of sp³-hybridized carbons (Fsp3) is 0.500. The minimum Gasteiger partial charge on any atom is -0.376 e. The largest absolute Gasteiger partial charge is 0.376 e. The van der Waals surface area contributed by atoms with Gasteiger partial charge in [0.05, 0.1) is 30.4 Å². The molecule has 6 nitrogen and oxygen atoms in total. The third-order valence-corrected chi connectivity index (χ3v) is 4.44. The number of piperazine rings is 1. The Bertz CT molecular complexity index is 629. The molecule has 2 fully saturated rings. The molecule has 1 atom stereocenters. The summed E-state index contributed by atoms with van der Waals surface area (Å²) in [4.78, 5) is 28.1. The van der Waals surface area contributed by atoms with Crippen LogP contribution in [0.3, 0.4) is 0 Å². The molecule has 0 saturated carbocycles. The van der Waals surface area contributed by atoms with E-state index >= 15 is 0 Å². The maximum atomic E-state index is 13.1. The molecule has 0 aromatic heterocycles. The van der Waals surface area contributed by atoms with Crippen LogP contribution in [0.4, 0.5) is 4.39 Å². The maximum Gasteiger partial charge on any atom is 0.255 e. The minimum atomic E-state index is -0.562.